The summed E-state index contributed by atoms with van der Waals surface area (Å²) in [5, 5.41) is 8.86. The zero-order chi connectivity index (χ0) is 14.0. The lowest BCUT2D eigenvalue weighted by Gasteiger charge is -2.31. The molecule has 0 spiro atoms. The molecule has 1 heterocycles. The third-order valence-corrected chi connectivity index (χ3v) is 3.28. The molecule has 1 amide bonds. The molecule has 1 N–H and O–H groups in total. The maximum Gasteiger partial charge on any atom is 0.334 e. The number of ether oxygens (including phenoxy) is 1. The first-order valence-corrected chi connectivity index (χ1v) is 6.37. The molecular formula is C12H11BrFNO4. The molecule has 0 unspecified atom stereocenters. The standard InChI is InChI=1S/C12H11BrFNO4/c13-7-1-2-9(14)8(5-7)11(16)15-3-4-19-10(6-15)12(17)18/h1-2,5,10H,3-4,6H2,(H,17,18)/t10-/m1/s1. The minimum atomic E-state index is -1.13. The zero-order valence-corrected chi connectivity index (χ0v) is 11.4. The van der Waals surface area contributed by atoms with E-state index in [1.54, 1.807) is 0 Å². The second-order valence-corrected chi connectivity index (χ2v) is 4.99. The van der Waals surface area contributed by atoms with Gasteiger partial charge < -0.3 is 14.7 Å². The zero-order valence-electron chi connectivity index (χ0n) is 9.81. The number of hydrogen-bond acceptors (Lipinski definition) is 3. The monoisotopic (exact) mass is 331 g/mol. The Balaban J connectivity index is 2.19. The Morgan fingerprint density at radius 2 is 2.21 bits per heavy atom. The van der Waals surface area contributed by atoms with Crippen molar-refractivity contribution in [2.24, 2.45) is 0 Å². The quantitative estimate of drug-likeness (QED) is 0.892. The van der Waals surface area contributed by atoms with Gasteiger partial charge in [0.1, 0.15) is 5.82 Å². The summed E-state index contributed by atoms with van der Waals surface area (Å²) in [7, 11) is 0. The van der Waals surface area contributed by atoms with E-state index in [-0.39, 0.29) is 25.3 Å². The van der Waals surface area contributed by atoms with Crippen LogP contribution >= 0.6 is 15.9 Å². The van der Waals surface area contributed by atoms with Gasteiger partial charge in [-0.3, -0.25) is 4.79 Å². The molecule has 19 heavy (non-hydrogen) atoms. The Morgan fingerprint density at radius 1 is 1.47 bits per heavy atom. The third kappa shape index (κ3) is 3.10. The molecule has 0 aromatic heterocycles. The largest absolute Gasteiger partial charge is 0.479 e. The Kier molecular flexibility index (Phi) is 4.16. The fourth-order valence-corrected chi connectivity index (χ4v) is 2.18. The second-order valence-electron chi connectivity index (χ2n) is 4.07. The third-order valence-electron chi connectivity index (χ3n) is 2.79. The molecule has 102 valence electrons. The number of carboxylic acid groups (broad SMARTS) is 1. The highest BCUT2D eigenvalue weighted by Crippen LogP contribution is 2.18. The predicted octanol–water partition coefficient (Wildman–Crippen LogP) is 1.51. The summed E-state index contributed by atoms with van der Waals surface area (Å²) in [4.78, 5) is 24.3. The van der Waals surface area contributed by atoms with Crippen LogP contribution in [0.5, 0.6) is 0 Å². The Morgan fingerprint density at radius 3 is 2.89 bits per heavy atom. The van der Waals surface area contributed by atoms with Crippen LogP contribution in [0.4, 0.5) is 4.39 Å². The van der Waals surface area contributed by atoms with Gasteiger partial charge in [-0.1, -0.05) is 15.9 Å². The molecule has 0 saturated carbocycles. The number of rotatable bonds is 2. The molecule has 0 aliphatic carbocycles. The van der Waals surface area contributed by atoms with Crippen LogP contribution in [0.2, 0.25) is 0 Å². The average molecular weight is 332 g/mol. The average Bonchev–Trinajstić information content (AvgIpc) is 2.41. The Bertz CT molecular complexity index is 522. The van der Waals surface area contributed by atoms with Gasteiger partial charge in [0.25, 0.3) is 5.91 Å². The smallest absolute Gasteiger partial charge is 0.334 e. The van der Waals surface area contributed by atoms with E-state index in [0.29, 0.717) is 4.47 Å². The van der Waals surface area contributed by atoms with Gasteiger partial charge in [-0.05, 0) is 18.2 Å². The van der Waals surface area contributed by atoms with Gasteiger partial charge in [0, 0.05) is 11.0 Å². The number of carbonyl (C=O) groups is 2. The number of morpholine rings is 1. The highest BCUT2D eigenvalue weighted by atomic mass is 79.9. The lowest BCUT2D eigenvalue weighted by Crippen LogP contribution is -2.48. The summed E-state index contributed by atoms with van der Waals surface area (Å²) < 4.78 is 19.2. The first-order chi connectivity index (χ1) is 8.99. The van der Waals surface area contributed by atoms with Crippen LogP contribution in [-0.4, -0.2) is 47.7 Å². The Hall–Kier alpha value is -1.47. The molecule has 1 aromatic rings. The van der Waals surface area contributed by atoms with Crippen LogP contribution in [-0.2, 0) is 9.53 Å². The maximum atomic E-state index is 13.6. The van der Waals surface area contributed by atoms with E-state index in [0.717, 1.165) is 0 Å². The van der Waals surface area contributed by atoms with Crippen molar-refractivity contribution in [2.45, 2.75) is 6.10 Å². The van der Waals surface area contributed by atoms with E-state index < -0.39 is 23.8 Å². The van der Waals surface area contributed by atoms with Gasteiger partial charge in [-0.25, -0.2) is 9.18 Å². The summed E-state index contributed by atoms with van der Waals surface area (Å²) >= 11 is 3.17. The van der Waals surface area contributed by atoms with Crippen molar-refractivity contribution in [3.8, 4) is 0 Å². The molecule has 1 aliphatic rings. The fraction of sp³-hybridized carbons (Fsp3) is 0.333. The van der Waals surface area contributed by atoms with E-state index in [1.165, 1.54) is 23.1 Å². The minimum absolute atomic E-state index is 0.0830. The van der Waals surface area contributed by atoms with Crippen molar-refractivity contribution in [1.29, 1.82) is 0 Å². The van der Waals surface area contributed by atoms with E-state index in [2.05, 4.69) is 15.9 Å². The molecule has 1 aliphatic heterocycles. The van der Waals surface area contributed by atoms with Gasteiger partial charge in [0.05, 0.1) is 18.7 Å². The molecule has 1 fully saturated rings. The lowest BCUT2D eigenvalue weighted by atomic mass is 10.1. The number of carbonyl (C=O) groups excluding carboxylic acids is 1. The van der Waals surface area contributed by atoms with Crippen LogP contribution in [0.3, 0.4) is 0 Å². The number of halogens is 2. The molecule has 7 heteroatoms. The van der Waals surface area contributed by atoms with Crippen molar-refractivity contribution < 1.29 is 23.8 Å². The lowest BCUT2D eigenvalue weighted by molar-refractivity contribution is -0.154. The van der Waals surface area contributed by atoms with Crippen molar-refractivity contribution >= 4 is 27.8 Å². The first-order valence-electron chi connectivity index (χ1n) is 5.58. The van der Waals surface area contributed by atoms with E-state index >= 15 is 0 Å². The number of nitrogens with zero attached hydrogens (tertiary/aromatic N) is 1. The molecule has 0 bridgehead atoms. The summed E-state index contributed by atoms with van der Waals surface area (Å²) in [6, 6.07) is 4.06. The van der Waals surface area contributed by atoms with Gasteiger partial charge in [0.15, 0.2) is 6.10 Å². The summed E-state index contributed by atoms with van der Waals surface area (Å²) in [6.45, 7) is 0.285. The molecule has 1 aromatic carbocycles. The van der Waals surface area contributed by atoms with E-state index in [9.17, 15) is 14.0 Å². The molecule has 0 radical (unpaired) electrons. The highest BCUT2D eigenvalue weighted by Gasteiger charge is 2.30. The van der Waals surface area contributed by atoms with Crippen LogP contribution in [0.25, 0.3) is 0 Å². The first kappa shape index (κ1) is 14.0. The van der Waals surface area contributed by atoms with Crippen LogP contribution < -0.4 is 0 Å². The van der Waals surface area contributed by atoms with Crippen molar-refractivity contribution in [3.63, 3.8) is 0 Å². The van der Waals surface area contributed by atoms with Crippen LogP contribution in [0.15, 0.2) is 22.7 Å². The number of carboxylic acids is 1. The second kappa shape index (κ2) is 5.66. The van der Waals surface area contributed by atoms with Crippen LogP contribution in [0, 0.1) is 5.82 Å². The van der Waals surface area contributed by atoms with Crippen molar-refractivity contribution in [2.75, 3.05) is 19.7 Å². The number of benzene rings is 1. The number of hydrogen-bond donors (Lipinski definition) is 1. The SMILES string of the molecule is O=C(O)[C@H]1CN(C(=O)c2cc(Br)ccc2F)CCO1. The summed E-state index contributed by atoms with van der Waals surface area (Å²) in [6.07, 6.45) is -1.06. The fourth-order valence-electron chi connectivity index (χ4n) is 1.81. The maximum absolute atomic E-state index is 13.6. The normalized spacial score (nSPS) is 19.3. The van der Waals surface area contributed by atoms with Gasteiger partial charge in [-0.15, -0.1) is 0 Å². The molecular weight excluding hydrogens is 321 g/mol. The van der Waals surface area contributed by atoms with E-state index in [1.807, 2.05) is 0 Å². The number of aliphatic carboxylic acids is 1. The summed E-state index contributed by atoms with van der Waals surface area (Å²) in [5.41, 5.74) is -0.0830. The molecule has 5 nitrogen and oxygen atoms in total. The molecule has 1 saturated heterocycles. The van der Waals surface area contributed by atoms with Gasteiger partial charge in [-0.2, -0.15) is 0 Å². The highest BCUT2D eigenvalue weighted by molar-refractivity contribution is 9.10. The van der Waals surface area contributed by atoms with Gasteiger partial charge in [0.2, 0.25) is 0 Å². The Labute approximate surface area is 117 Å². The predicted molar refractivity (Wildman–Crippen MR) is 67.4 cm³/mol. The van der Waals surface area contributed by atoms with Crippen LogP contribution in [0.1, 0.15) is 10.4 Å². The summed E-state index contributed by atoms with van der Waals surface area (Å²) in [5.74, 6) is -2.30. The topological polar surface area (TPSA) is 66.8 Å². The molecule has 2 rings (SSSR count). The molecule has 1 atom stereocenters. The number of amides is 1. The van der Waals surface area contributed by atoms with Crippen molar-refractivity contribution in [3.05, 3.63) is 34.1 Å². The van der Waals surface area contributed by atoms with Gasteiger partial charge >= 0.3 is 5.97 Å². The van der Waals surface area contributed by atoms with Crippen molar-refractivity contribution in [1.82, 2.24) is 4.90 Å². The minimum Gasteiger partial charge on any atom is -0.479 e. The van der Waals surface area contributed by atoms with E-state index in [4.69, 9.17) is 9.84 Å².